The lowest BCUT2D eigenvalue weighted by Gasteiger charge is -2.13. The summed E-state index contributed by atoms with van der Waals surface area (Å²) in [5, 5.41) is 9.44. The molecule has 0 aliphatic heterocycles. The van der Waals surface area contributed by atoms with Gasteiger partial charge in [-0.2, -0.15) is 0 Å². The van der Waals surface area contributed by atoms with Crippen LogP contribution in [0.15, 0.2) is 47.5 Å². The quantitative estimate of drug-likeness (QED) is 0.448. The summed E-state index contributed by atoms with van der Waals surface area (Å²) < 4.78 is 10.9. The summed E-state index contributed by atoms with van der Waals surface area (Å²) >= 11 is 0. The van der Waals surface area contributed by atoms with Crippen molar-refractivity contribution in [2.24, 2.45) is 0 Å². The Hall–Kier alpha value is -4.14. The van der Waals surface area contributed by atoms with E-state index in [2.05, 4.69) is 19.9 Å². The van der Waals surface area contributed by atoms with Crippen molar-refractivity contribution in [3.63, 3.8) is 0 Å². The van der Waals surface area contributed by atoms with E-state index in [4.69, 9.17) is 9.47 Å². The molecule has 0 spiro atoms. The molecule has 0 aliphatic rings. The minimum absolute atomic E-state index is 0.0621. The molecule has 0 atom stereocenters. The van der Waals surface area contributed by atoms with Gasteiger partial charge in [0.05, 0.1) is 25.6 Å². The second-order valence-electron chi connectivity index (χ2n) is 6.38. The van der Waals surface area contributed by atoms with Crippen LogP contribution in [0.5, 0.6) is 11.5 Å². The Morgan fingerprint density at radius 3 is 2.63 bits per heavy atom. The monoisotopic (exact) mass is 406 g/mol. The van der Waals surface area contributed by atoms with Gasteiger partial charge in [0.2, 0.25) is 0 Å². The highest BCUT2D eigenvalue weighted by Crippen LogP contribution is 2.34. The second-order valence-corrected chi connectivity index (χ2v) is 6.38. The zero-order valence-electron chi connectivity index (χ0n) is 16.2. The average Bonchev–Trinajstić information content (AvgIpc) is 3.23. The van der Waals surface area contributed by atoms with Gasteiger partial charge >= 0.3 is 5.97 Å². The fraction of sp³-hybridized carbons (Fsp3) is 0.143. The number of carboxylic acid groups (broad SMARTS) is 1. The van der Waals surface area contributed by atoms with Gasteiger partial charge in [0.15, 0.2) is 11.2 Å². The molecule has 152 valence electrons. The van der Waals surface area contributed by atoms with Gasteiger partial charge < -0.3 is 24.5 Å². The Labute approximate surface area is 170 Å². The summed E-state index contributed by atoms with van der Waals surface area (Å²) in [6, 6.07) is 10.3. The molecular formula is C21H18N4O5. The van der Waals surface area contributed by atoms with Crippen molar-refractivity contribution >= 4 is 17.1 Å². The number of benzene rings is 2. The lowest BCUT2D eigenvalue weighted by Crippen LogP contribution is -2.10. The summed E-state index contributed by atoms with van der Waals surface area (Å²) in [5.41, 5.74) is 2.36. The number of imidazole rings is 1. The Morgan fingerprint density at radius 2 is 1.90 bits per heavy atom. The van der Waals surface area contributed by atoms with Crippen molar-refractivity contribution in [2.75, 3.05) is 13.7 Å². The molecule has 0 fully saturated rings. The molecule has 4 aromatic rings. The highest BCUT2D eigenvalue weighted by molar-refractivity contribution is 5.93. The van der Waals surface area contributed by atoms with Crippen LogP contribution in [0, 0.1) is 0 Å². The highest BCUT2D eigenvalue weighted by Gasteiger charge is 2.16. The zero-order valence-corrected chi connectivity index (χ0v) is 16.2. The zero-order chi connectivity index (χ0) is 21.3. The standard InChI is InChI=1S/C21H18N4O5/c1-3-30-16-9-12(11-5-7-15(29-2)14(8-11)21(27)28)4-6-13(16)18-24-19-17(20(26)25-18)22-10-23-19/h4-10H,3H2,1-2H3,(H,27,28)(H2,22,23,24,25,26). The van der Waals surface area contributed by atoms with Crippen molar-refractivity contribution < 1.29 is 19.4 Å². The first-order valence-corrected chi connectivity index (χ1v) is 9.14. The number of nitrogens with one attached hydrogen (secondary N) is 2. The summed E-state index contributed by atoms with van der Waals surface area (Å²) in [7, 11) is 1.42. The number of carbonyl (C=O) groups is 1. The van der Waals surface area contributed by atoms with Crippen molar-refractivity contribution in [3.8, 4) is 34.0 Å². The maximum Gasteiger partial charge on any atom is 0.339 e. The van der Waals surface area contributed by atoms with E-state index in [0.29, 0.717) is 40.5 Å². The predicted octanol–water partition coefficient (Wildman–Crippen LogP) is 3.09. The number of aromatic amines is 2. The van der Waals surface area contributed by atoms with Gasteiger partial charge in [-0.3, -0.25) is 4.79 Å². The molecule has 0 bridgehead atoms. The van der Waals surface area contributed by atoms with Crippen LogP contribution in [-0.4, -0.2) is 44.7 Å². The van der Waals surface area contributed by atoms with Crippen molar-refractivity contribution in [2.45, 2.75) is 6.92 Å². The van der Waals surface area contributed by atoms with Gasteiger partial charge in [0.1, 0.15) is 22.9 Å². The molecule has 3 N–H and O–H groups in total. The van der Waals surface area contributed by atoms with E-state index in [1.165, 1.54) is 13.4 Å². The lowest BCUT2D eigenvalue weighted by molar-refractivity contribution is 0.0693. The van der Waals surface area contributed by atoms with Crippen LogP contribution in [0.2, 0.25) is 0 Å². The maximum absolute atomic E-state index is 12.3. The molecule has 0 radical (unpaired) electrons. The maximum atomic E-state index is 12.3. The molecule has 2 heterocycles. The molecule has 0 unspecified atom stereocenters. The van der Waals surface area contributed by atoms with Crippen LogP contribution in [0.25, 0.3) is 33.7 Å². The number of nitrogens with zero attached hydrogens (tertiary/aromatic N) is 2. The van der Waals surface area contributed by atoms with Crippen molar-refractivity contribution in [3.05, 3.63) is 58.6 Å². The van der Waals surface area contributed by atoms with Crippen LogP contribution in [-0.2, 0) is 0 Å². The number of hydrogen-bond acceptors (Lipinski definition) is 6. The largest absolute Gasteiger partial charge is 0.496 e. The normalized spacial score (nSPS) is 10.9. The van der Waals surface area contributed by atoms with Crippen LogP contribution < -0.4 is 15.0 Å². The van der Waals surface area contributed by atoms with Crippen LogP contribution >= 0.6 is 0 Å². The van der Waals surface area contributed by atoms with Crippen molar-refractivity contribution in [1.82, 2.24) is 19.9 Å². The van der Waals surface area contributed by atoms with E-state index in [9.17, 15) is 14.7 Å². The van der Waals surface area contributed by atoms with Crippen LogP contribution in [0.1, 0.15) is 17.3 Å². The molecular weight excluding hydrogens is 388 g/mol. The molecule has 9 nitrogen and oxygen atoms in total. The molecule has 0 aliphatic carbocycles. The first kappa shape index (κ1) is 19.2. The third-order valence-electron chi connectivity index (χ3n) is 4.60. The Bertz CT molecular complexity index is 1310. The Morgan fingerprint density at radius 1 is 1.13 bits per heavy atom. The molecule has 4 rings (SSSR count). The topological polar surface area (TPSA) is 130 Å². The number of hydrogen-bond donors (Lipinski definition) is 3. The Kier molecular flexibility index (Phi) is 4.93. The first-order valence-electron chi connectivity index (χ1n) is 9.14. The smallest absolute Gasteiger partial charge is 0.339 e. The number of methoxy groups -OCH3 is 1. The van der Waals surface area contributed by atoms with Gasteiger partial charge in [-0.25, -0.2) is 14.8 Å². The number of fused-ring (bicyclic) bond motifs is 1. The fourth-order valence-electron chi connectivity index (χ4n) is 3.20. The van der Waals surface area contributed by atoms with Gasteiger partial charge in [0, 0.05) is 0 Å². The second kappa shape index (κ2) is 7.70. The Balaban J connectivity index is 1.83. The summed E-state index contributed by atoms with van der Waals surface area (Å²) in [6.45, 7) is 2.24. The van der Waals surface area contributed by atoms with Crippen molar-refractivity contribution in [1.29, 1.82) is 0 Å². The van der Waals surface area contributed by atoms with E-state index >= 15 is 0 Å². The molecule has 0 amide bonds. The number of aromatic carboxylic acids is 1. The van der Waals surface area contributed by atoms with E-state index in [0.717, 1.165) is 5.56 Å². The molecule has 2 aromatic carbocycles. The molecule has 0 saturated carbocycles. The SMILES string of the molecule is CCOc1cc(-c2ccc(OC)c(C(=O)O)c2)ccc1-c1nc2nc[nH]c2c(=O)[nH]1. The van der Waals surface area contributed by atoms with E-state index in [1.807, 2.05) is 6.92 Å². The molecule has 0 saturated heterocycles. The van der Waals surface area contributed by atoms with Gasteiger partial charge in [0.25, 0.3) is 5.56 Å². The predicted molar refractivity (Wildman–Crippen MR) is 110 cm³/mol. The fourth-order valence-corrected chi connectivity index (χ4v) is 3.20. The minimum atomic E-state index is -1.08. The molecule has 9 heteroatoms. The van der Waals surface area contributed by atoms with Gasteiger partial charge in [-0.05, 0) is 42.3 Å². The van der Waals surface area contributed by atoms with Crippen LogP contribution in [0.4, 0.5) is 0 Å². The molecule has 30 heavy (non-hydrogen) atoms. The number of aromatic nitrogens is 4. The summed E-state index contributed by atoms with van der Waals surface area (Å²) in [6.07, 6.45) is 1.41. The minimum Gasteiger partial charge on any atom is -0.496 e. The van der Waals surface area contributed by atoms with Gasteiger partial charge in [-0.1, -0.05) is 12.1 Å². The number of rotatable bonds is 6. The lowest BCUT2D eigenvalue weighted by atomic mass is 10.00. The van der Waals surface area contributed by atoms with E-state index in [-0.39, 0.29) is 16.9 Å². The van der Waals surface area contributed by atoms with E-state index < -0.39 is 5.97 Å². The summed E-state index contributed by atoms with van der Waals surface area (Å²) in [4.78, 5) is 37.8. The first-order chi connectivity index (χ1) is 14.5. The van der Waals surface area contributed by atoms with E-state index in [1.54, 1.807) is 36.4 Å². The number of carboxylic acids is 1. The van der Waals surface area contributed by atoms with Gasteiger partial charge in [-0.15, -0.1) is 0 Å². The molecule has 2 aromatic heterocycles. The third-order valence-corrected chi connectivity index (χ3v) is 4.60. The number of H-pyrrole nitrogens is 2. The highest BCUT2D eigenvalue weighted by atomic mass is 16.5. The third kappa shape index (κ3) is 3.37. The average molecular weight is 406 g/mol. The summed E-state index contributed by atoms with van der Waals surface area (Å²) in [5.74, 6) is 0.0303. The number of ether oxygens (including phenoxy) is 2. The van der Waals surface area contributed by atoms with Crippen LogP contribution in [0.3, 0.4) is 0 Å².